The van der Waals surface area contributed by atoms with E-state index in [0.717, 1.165) is 0 Å². The largest absolute Gasteiger partial charge is 0.481 e. The van der Waals surface area contributed by atoms with E-state index in [0.29, 0.717) is 6.42 Å². The summed E-state index contributed by atoms with van der Waals surface area (Å²) in [5, 5.41) is 8.59. The van der Waals surface area contributed by atoms with Gasteiger partial charge in [-0.2, -0.15) is 0 Å². The molecule has 0 aliphatic carbocycles. The maximum atomic E-state index is 11.3. The van der Waals surface area contributed by atoms with Crippen molar-refractivity contribution >= 4 is 11.9 Å². The van der Waals surface area contributed by atoms with Gasteiger partial charge in [0.15, 0.2) is 0 Å². The molecule has 0 aromatic carbocycles. The van der Waals surface area contributed by atoms with E-state index in [1.807, 2.05) is 0 Å². The highest BCUT2D eigenvalue weighted by atomic mass is 16.5. The number of carbonyl (C=O) groups is 2. The number of rotatable bonds is 5. The van der Waals surface area contributed by atoms with Crippen LogP contribution in [0.15, 0.2) is 0 Å². The summed E-state index contributed by atoms with van der Waals surface area (Å²) in [7, 11) is 0. The number of esters is 1. The summed E-state index contributed by atoms with van der Waals surface area (Å²) in [6, 6.07) is 0. The van der Waals surface area contributed by atoms with Gasteiger partial charge >= 0.3 is 11.9 Å². The van der Waals surface area contributed by atoms with E-state index < -0.39 is 17.4 Å². The SMILES string of the molecule is CCOC(=O)C(C)(CC)CC(=O)O. The number of carboxylic acids is 1. The fourth-order valence-electron chi connectivity index (χ4n) is 0.981. The van der Waals surface area contributed by atoms with E-state index in [-0.39, 0.29) is 13.0 Å². The molecule has 0 aliphatic rings. The molecule has 0 saturated heterocycles. The highest BCUT2D eigenvalue weighted by molar-refractivity contribution is 5.82. The van der Waals surface area contributed by atoms with Crippen molar-refractivity contribution in [1.82, 2.24) is 0 Å². The van der Waals surface area contributed by atoms with Crippen molar-refractivity contribution in [3.05, 3.63) is 0 Å². The zero-order valence-electron chi connectivity index (χ0n) is 8.29. The predicted molar refractivity (Wildman–Crippen MR) is 47.3 cm³/mol. The molecule has 0 fully saturated rings. The Morgan fingerprint density at radius 3 is 2.23 bits per heavy atom. The van der Waals surface area contributed by atoms with Crippen LogP contribution in [0, 0.1) is 5.41 Å². The average molecular weight is 188 g/mol. The van der Waals surface area contributed by atoms with Gasteiger partial charge in [-0.15, -0.1) is 0 Å². The van der Waals surface area contributed by atoms with Crippen molar-refractivity contribution in [2.45, 2.75) is 33.6 Å². The Kier molecular flexibility index (Phi) is 4.45. The fourth-order valence-corrected chi connectivity index (χ4v) is 0.981. The first-order chi connectivity index (χ1) is 5.96. The number of hydrogen-bond donors (Lipinski definition) is 1. The van der Waals surface area contributed by atoms with E-state index in [2.05, 4.69) is 0 Å². The Hall–Kier alpha value is -1.06. The highest BCUT2D eigenvalue weighted by Crippen LogP contribution is 2.27. The van der Waals surface area contributed by atoms with Gasteiger partial charge in [-0.05, 0) is 20.3 Å². The topological polar surface area (TPSA) is 63.6 Å². The molecule has 4 heteroatoms. The maximum Gasteiger partial charge on any atom is 0.312 e. The second-order valence-electron chi connectivity index (χ2n) is 3.21. The normalized spacial score (nSPS) is 14.7. The van der Waals surface area contributed by atoms with Crippen LogP contribution in [-0.4, -0.2) is 23.7 Å². The number of aliphatic carboxylic acids is 1. The van der Waals surface area contributed by atoms with Crippen molar-refractivity contribution in [2.75, 3.05) is 6.61 Å². The molecule has 76 valence electrons. The van der Waals surface area contributed by atoms with Crippen molar-refractivity contribution in [1.29, 1.82) is 0 Å². The molecule has 0 rings (SSSR count). The van der Waals surface area contributed by atoms with Gasteiger partial charge < -0.3 is 9.84 Å². The zero-order chi connectivity index (χ0) is 10.5. The molecule has 4 nitrogen and oxygen atoms in total. The summed E-state index contributed by atoms with van der Waals surface area (Å²) in [4.78, 5) is 21.8. The quantitative estimate of drug-likeness (QED) is 0.663. The zero-order valence-corrected chi connectivity index (χ0v) is 8.29. The highest BCUT2D eigenvalue weighted by Gasteiger charge is 2.35. The molecular weight excluding hydrogens is 172 g/mol. The first kappa shape index (κ1) is 11.9. The smallest absolute Gasteiger partial charge is 0.312 e. The molecule has 1 atom stereocenters. The van der Waals surface area contributed by atoms with Gasteiger partial charge in [0.25, 0.3) is 0 Å². The Balaban J connectivity index is 4.42. The lowest BCUT2D eigenvalue weighted by molar-refractivity contribution is -0.159. The second kappa shape index (κ2) is 4.84. The van der Waals surface area contributed by atoms with Gasteiger partial charge in [-0.25, -0.2) is 0 Å². The van der Waals surface area contributed by atoms with E-state index in [4.69, 9.17) is 9.84 Å². The Labute approximate surface area is 77.9 Å². The predicted octanol–water partition coefficient (Wildman–Crippen LogP) is 1.44. The van der Waals surface area contributed by atoms with Gasteiger partial charge in [0.05, 0.1) is 18.4 Å². The van der Waals surface area contributed by atoms with Crippen LogP contribution in [-0.2, 0) is 14.3 Å². The summed E-state index contributed by atoms with van der Waals surface area (Å²) < 4.78 is 4.80. The number of ether oxygens (including phenoxy) is 1. The van der Waals surface area contributed by atoms with Crippen molar-refractivity contribution < 1.29 is 19.4 Å². The number of carbonyl (C=O) groups excluding carboxylic acids is 1. The van der Waals surface area contributed by atoms with Gasteiger partial charge in [0, 0.05) is 0 Å². The van der Waals surface area contributed by atoms with E-state index in [9.17, 15) is 9.59 Å². The minimum Gasteiger partial charge on any atom is -0.481 e. The molecule has 0 amide bonds. The molecular formula is C9H16O4. The molecule has 0 aromatic rings. The fraction of sp³-hybridized carbons (Fsp3) is 0.778. The third-order valence-corrected chi connectivity index (χ3v) is 2.09. The molecule has 13 heavy (non-hydrogen) atoms. The molecule has 0 spiro atoms. The lowest BCUT2D eigenvalue weighted by atomic mass is 9.84. The monoisotopic (exact) mass is 188 g/mol. The van der Waals surface area contributed by atoms with Crippen molar-refractivity contribution in [2.24, 2.45) is 5.41 Å². The molecule has 0 aromatic heterocycles. The minimum atomic E-state index is -0.975. The number of hydrogen-bond acceptors (Lipinski definition) is 3. The standard InChI is InChI=1S/C9H16O4/c1-4-9(3,6-7(10)11)8(12)13-5-2/h4-6H2,1-3H3,(H,10,11). The molecule has 0 radical (unpaired) electrons. The van der Waals surface area contributed by atoms with Crippen LogP contribution in [0.2, 0.25) is 0 Å². The molecule has 1 N–H and O–H groups in total. The van der Waals surface area contributed by atoms with Crippen LogP contribution < -0.4 is 0 Å². The molecule has 0 heterocycles. The molecule has 0 bridgehead atoms. The van der Waals surface area contributed by atoms with Gasteiger partial charge in [-0.3, -0.25) is 9.59 Å². The molecule has 0 aliphatic heterocycles. The third-order valence-electron chi connectivity index (χ3n) is 2.09. The van der Waals surface area contributed by atoms with E-state index in [1.165, 1.54) is 0 Å². The summed E-state index contributed by atoms with van der Waals surface area (Å²) in [5.74, 6) is -1.41. The maximum absolute atomic E-state index is 11.3. The first-order valence-electron chi connectivity index (χ1n) is 4.35. The summed E-state index contributed by atoms with van der Waals surface area (Å²) in [5.41, 5.74) is -0.887. The minimum absolute atomic E-state index is 0.178. The second-order valence-corrected chi connectivity index (χ2v) is 3.21. The summed E-state index contributed by atoms with van der Waals surface area (Å²) >= 11 is 0. The lowest BCUT2D eigenvalue weighted by Crippen LogP contribution is -2.31. The van der Waals surface area contributed by atoms with Crippen molar-refractivity contribution in [3.8, 4) is 0 Å². The third kappa shape index (κ3) is 3.44. The molecule has 1 unspecified atom stereocenters. The summed E-state index contributed by atoms with van der Waals surface area (Å²) in [6.45, 7) is 5.38. The average Bonchev–Trinajstić information content (AvgIpc) is 2.03. The molecule has 0 saturated carbocycles. The van der Waals surface area contributed by atoms with Gasteiger partial charge in [-0.1, -0.05) is 6.92 Å². The van der Waals surface area contributed by atoms with Crippen LogP contribution in [0.5, 0.6) is 0 Å². The Morgan fingerprint density at radius 2 is 1.92 bits per heavy atom. The van der Waals surface area contributed by atoms with Crippen LogP contribution in [0.1, 0.15) is 33.6 Å². The summed E-state index contributed by atoms with van der Waals surface area (Å²) in [6.07, 6.45) is 0.292. The Bertz CT molecular complexity index is 200. The van der Waals surface area contributed by atoms with Crippen LogP contribution in [0.25, 0.3) is 0 Å². The van der Waals surface area contributed by atoms with Crippen LogP contribution in [0.4, 0.5) is 0 Å². The van der Waals surface area contributed by atoms with E-state index in [1.54, 1.807) is 20.8 Å². The number of carboxylic acid groups (broad SMARTS) is 1. The van der Waals surface area contributed by atoms with E-state index >= 15 is 0 Å². The van der Waals surface area contributed by atoms with Crippen LogP contribution in [0.3, 0.4) is 0 Å². The van der Waals surface area contributed by atoms with Crippen LogP contribution >= 0.6 is 0 Å². The first-order valence-corrected chi connectivity index (χ1v) is 4.35. The van der Waals surface area contributed by atoms with Gasteiger partial charge in [0.1, 0.15) is 0 Å². The van der Waals surface area contributed by atoms with Gasteiger partial charge in [0.2, 0.25) is 0 Å². The Morgan fingerprint density at radius 1 is 1.38 bits per heavy atom. The van der Waals surface area contributed by atoms with Crippen molar-refractivity contribution in [3.63, 3.8) is 0 Å². The lowest BCUT2D eigenvalue weighted by Gasteiger charge is -2.23.